The van der Waals surface area contributed by atoms with Gasteiger partial charge in [-0.05, 0) is 18.1 Å². The summed E-state index contributed by atoms with van der Waals surface area (Å²) >= 11 is 0. The molecule has 0 spiro atoms. The number of anilines is 1. The van der Waals surface area contributed by atoms with Gasteiger partial charge in [-0.15, -0.1) is 0 Å². The topological polar surface area (TPSA) is 28.2 Å². The Morgan fingerprint density at radius 3 is 3.20 bits per heavy atom. The lowest BCUT2D eigenvalue weighted by Gasteiger charge is -2.12. The summed E-state index contributed by atoms with van der Waals surface area (Å²) in [7, 11) is 2.15. The van der Waals surface area contributed by atoms with Crippen LogP contribution in [0.25, 0.3) is 5.57 Å². The average molecular weight is 201 g/mol. The van der Waals surface area contributed by atoms with Gasteiger partial charge in [-0.3, -0.25) is 4.98 Å². The molecule has 15 heavy (non-hydrogen) atoms. The summed E-state index contributed by atoms with van der Waals surface area (Å²) in [6, 6.07) is 2.12. The second-order valence-electron chi connectivity index (χ2n) is 4.19. The lowest BCUT2D eigenvalue weighted by molar-refractivity contribution is 0.894. The van der Waals surface area contributed by atoms with Gasteiger partial charge in [0.25, 0.3) is 0 Å². The molecule has 3 rings (SSSR count). The van der Waals surface area contributed by atoms with E-state index in [0.29, 0.717) is 0 Å². The molecule has 1 N–H and O–H groups in total. The van der Waals surface area contributed by atoms with E-state index in [1.807, 2.05) is 6.20 Å². The van der Waals surface area contributed by atoms with E-state index in [4.69, 9.17) is 0 Å². The van der Waals surface area contributed by atoms with Crippen LogP contribution in [-0.4, -0.2) is 31.7 Å². The maximum Gasteiger partial charge on any atom is 0.0725 e. The summed E-state index contributed by atoms with van der Waals surface area (Å²) in [4.78, 5) is 6.84. The Bertz CT molecular complexity index is 423. The highest BCUT2D eigenvalue weighted by Crippen LogP contribution is 2.31. The predicted molar refractivity (Wildman–Crippen MR) is 62.1 cm³/mol. The van der Waals surface area contributed by atoms with Crippen molar-refractivity contribution in [3.63, 3.8) is 0 Å². The van der Waals surface area contributed by atoms with Crippen LogP contribution >= 0.6 is 0 Å². The third kappa shape index (κ3) is 1.35. The van der Waals surface area contributed by atoms with E-state index < -0.39 is 0 Å². The van der Waals surface area contributed by atoms with Crippen molar-refractivity contribution in [2.24, 2.45) is 0 Å². The van der Waals surface area contributed by atoms with Crippen LogP contribution in [0, 0.1) is 0 Å². The fourth-order valence-electron chi connectivity index (χ4n) is 2.42. The van der Waals surface area contributed by atoms with E-state index in [1.54, 1.807) is 0 Å². The summed E-state index contributed by atoms with van der Waals surface area (Å²) in [5, 5.41) is 3.33. The molecule has 0 saturated heterocycles. The van der Waals surface area contributed by atoms with Crippen LogP contribution in [0.1, 0.15) is 11.3 Å². The first kappa shape index (κ1) is 8.92. The molecule has 0 aromatic carbocycles. The first-order chi connectivity index (χ1) is 7.36. The van der Waals surface area contributed by atoms with E-state index in [9.17, 15) is 0 Å². The lowest BCUT2D eigenvalue weighted by atomic mass is 10.0. The van der Waals surface area contributed by atoms with Gasteiger partial charge in [0.1, 0.15) is 0 Å². The Morgan fingerprint density at radius 1 is 1.47 bits per heavy atom. The first-order valence-corrected chi connectivity index (χ1v) is 5.45. The summed E-state index contributed by atoms with van der Waals surface area (Å²) in [6.07, 6.45) is 5.31. The van der Waals surface area contributed by atoms with Gasteiger partial charge >= 0.3 is 0 Å². The maximum absolute atomic E-state index is 4.53. The number of nitrogens with one attached hydrogen (secondary N) is 1. The van der Waals surface area contributed by atoms with Crippen LogP contribution in [0.5, 0.6) is 0 Å². The summed E-state index contributed by atoms with van der Waals surface area (Å²) < 4.78 is 0. The molecule has 1 aromatic heterocycles. The smallest absolute Gasteiger partial charge is 0.0725 e. The highest BCUT2D eigenvalue weighted by Gasteiger charge is 2.21. The molecule has 0 bridgehead atoms. The Morgan fingerprint density at radius 2 is 2.40 bits per heavy atom. The van der Waals surface area contributed by atoms with Crippen LogP contribution in [0.15, 0.2) is 18.3 Å². The zero-order valence-electron chi connectivity index (χ0n) is 8.95. The summed E-state index contributed by atoms with van der Waals surface area (Å²) in [5.74, 6) is 0. The van der Waals surface area contributed by atoms with Crippen LogP contribution < -0.4 is 10.2 Å². The minimum Gasteiger partial charge on any atom is -0.374 e. The summed E-state index contributed by atoms with van der Waals surface area (Å²) in [6.45, 7) is 3.07. The molecule has 1 aromatic rings. The van der Waals surface area contributed by atoms with Gasteiger partial charge in [0, 0.05) is 44.1 Å². The van der Waals surface area contributed by atoms with Crippen molar-refractivity contribution in [3.8, 4) is 0 Å². The third-order valence-electron chi connectivity index (χ3n) is 3.25. The standard InChI is InChI=1S/C12H15N3/c1-15-7-4-10-11(15)3-6-14-12(10)9-2-5-13-8-9/h2-3,6,13H,4-5,7-8H2,1H3. The normalized spacial score (nSPS) is 19.3. The number of hydrogen-bond donors (Lipinski definition) is 1. The van der Waals surface area contributed by atoms with Crippen molar-refractivity contribution in [3.05, 3.63) is 29.6 Å². The SMILES string of the molecule is CN1CCc2c1ccnc2C1=CCNC1. The molecule has 0 saturated carbocycles. The molecule has 0 atom stereocenters. The van der Waals surface area contributed by atoms with Gasteiger partial charge in [0.2, 0.25) is 0 Å². The Balaban J connectivity index is 2.09. The van der Waals surface area contributed by atoms with Crippen LogP contribution in [0.4, 0.5) is 5.69 Å². The monoisotopic (exact) mass is 201 g/mol. The number of fused-ring (bicyclic) bond motifs is 1. The van der Waals surface area contributed by atoms with E-state index in [-0.39, 0.29) is 0 Å². The molecule has 0 aliphatic carbocycles. The Kier molecular flexibility index (Phi) is 1.99. The van der Waals surface area contributed by atoms with Crippen LogP contribution in [-0.2, 0) is 6.42 Å². The molecule has 0 amide bonds. The first-order valence-electron chi connectivity index (χ1n) is 5.45. The molecule has 78 valence electrons. The quantitative estimate of drug-likeness (QED) is 0.736. The second kappa shape index (κ2) is 3.35. The van der Waals surface area contributed by atoms with Crippen molar-refractivity contribution >= 4 is 11.3 Å². The van der Waals surface area contributed by atoms with Crippen molar-refractivity contribution in [1.29, 1.82) is 0 Å². The fraction of sp³-hybridized carbons (Fsp3) is 0.417. The van der Waals surface area contributed by atoms with E-state index in [0.717, 1.165) is 26.1 Å². The van der Waals surface area contributed by atoms with Crippen molar-refractivity contribution < 1.29 is 0 Å². The molecular weight excluding hydrogens is 186 g/mol. The largest absolute Gasteiger partial charge is 0.374 e. The van der Waals surface area contributed by atoms with Gasteiger partial charge in [-0.25, -0.2) is 0 Å². The highest BCUT2D eigenvalue weighted by atomic mass is 15.1. The molecule has 0 fully saturated rings. The van der Waals surface area contributed by atoms with E-state index >= 15 is 0 Å². The van der Waals surface area contributed by atoms with Crippen molar-refractivity contribution in [2.75, 3.05) is 31.6 Å². The molecule has 0 unspecified atom stereocenters. The molecule has 2 aliphatic heterocycles. The molecular formula is C12H15N3. The molecule has 2 aliphatic rings. The van der Waals surface area contributed by atoms with Gasteiger partial charge in [-0.1, -0.05) is 6.08 Å². The van der Waals surface area contributed by atoms with Gasteiger partial charge in [0.15, 0.2) is 0 Å². The number of nitrogens with zero attached hydrogens (tertiary/aromatic N) is 2. The van der Waals surface area contributed by atoms with Gasteiger partial charge in [0.05, 0.1) is 5.69 Å². The number of aromatic nitrogens is 1. The highest BCUT2D eigenvalue weighted by molar-refractivity contribution is 5.74. The number of rotatable bonds is 1. The minimum absolute atomic E-state index is 0.965. The number of pyridine rings is 1. The molecule has 3 heterocycles. The zero-order valence-corrected chi connectivity index (χ0v) is 8.95. The molecule has 0 radical (unpaired) electrons. The average Bonchev–Trinajstić information content (AvgIpc) is 2.88. The Labute approximate surface area is 89.8 Å². The second-order valence-corrected chi connectivity index (χ2v) is 4.19. The van der Waals surface area contributed by atoms with Crippen LogP contribution in [0.3, 0.4) is 0 Å². The van der Waals surface area contributed by atoms with Crippen molar-refractivity contribution in [2.45, 2.75) is 6.42 Å². The molecule has 3 heteroatoms. The maximum atomic E-state index is 4.53. The zero-order chi connectivity index (χ0) is 10.3. The molecule has 3 nitrogen and oxygen atoms in total. The summed E-state index contributed by atoms with van der Waals surface area (Å²) in [5.41, 5.74) is 5.35. The van der Waals surface area contributed by atoms with Gasteiger partial charge < -0.3 is 10.2 Å². The predicted octanol–water partition coefficient (Wildman–Crippen LogP) is 1.06. The Hall–Kier alpha value is -1.35. The fourth-order valence-corrected chi connectivity index (χ4v) is 2.42. The minimum atomic E-state index is 0.965. The van der Waals surface area contributed by atoms with Gasteiger partial charge in [-0.2, -0.15) is 0 Å². The third-order valence-corrected chi connectivity index (χ3v) is 3.25. The number of hydrogen-bond acceptors (Lipinski definition) is 3. The lowest BCUT2D eigenvalue weighted by Crippen LogP contribution is -2.12. The van der Waals surface area contributed by atoms with E-state index in [1.165, 1.54) is 22.5 Å². The van der Waals surface area contributed by atoms with Crippen LogP contribution in [0.2, 0.25) is 0 Å². The van der Waals surface area contributed by atoms with Crippen molar-refractivity contribution in [1.82, 2.24) is 10.3 Å². The van der Waals surface area contributed by atoms with E-state index in [2.05, 4.69) is 34.4 Å². The number of likely N-dealkylation sites (N-methyl/N-ethyl adjacent to an activating group) is 1.